The first-order valence-corrected chi connectivity index (χ1v) is 9.81. The summed E-state index contributed by atoms with van der Waals surface area (Å²) in [7, 11) is 0. The van der Waals surface area contributed by atoms with Gasteiger partial charge in [-0.3, -0.25) is 0 Å². The maximum Gasteiger partial charge on any atom is 0.349 e. The third-order valence-corrected chi connectivity index (χ3v) is 4.32. The largest absolute Gasteiger partial charge is 0.489 e. The van der Waals surface area contributed by atoms with E-state index < -0.39 is 11.6 Å². The quantitative estimate of drug-likeness (QED) is 0.376. The number of hydrogen-bond donors (Lipinski definition) is 0. The molecule has 0 unspecified atom stereocenters. The van der Waals surface area contributed by atoms with Crippen molar-refractivity contribution in [3.05, 3.63) is 84.5 Å². The van der Waals surface area contributed by atoms with Crippen LogP contribution in [-0.4, -0.2) is 18.2 Å². The molecule has 0 amide bonds. The number of esters is 1. The number of benzene rings is 2. The van der Waals surface area contributed by atoms with E-state index in [4.69, 9.17) is 14.2 Å². The van der Waals surface area contributed by atoms with Crippen LogP contribution in [-0.2, 0) is 29.0 Å². The molecule has 0 aromatic heterocycles. The zero-order valence-electron chi connectivity index (χ0n) is 17.6. The highest BCUT2D eigenvalue weighted by Crippen LogP contribution is 2.34. The molecule has 154 valence electrons. The number of carbonyl (C=O) groups is 1. The van der Waals surface area contributed by atoms with Gasteiger partial charge in [0.2, 0.25) is 0 Å². The Morgan fingerprint density at radius 1 is 1.03 bits per heavy atom. The average Bonchev–Trinajstić information content (AvgIpc) is 2.70. The summed E-state index contributed by atoms with van der Waals surface area (Å²) < 4.78 is 17.4. The summed E-state index contributed by atoms with van der Waals surface area (Å²) in [4.78, 5) is 12.3. The monoisotopic (exact) mass is 394 g/mol. The van der Waals surface area contributed by atoms with Crippen molar-refractivity contribution in [2.45, 2.75) is 45.8 Å². The summed E-state index contributed by atoms with van der Waals surface area (Å²) in [5, 5.41) is 0. The minimum atomic E-state index is -1.12. The van der Waals surface area contributed by atoms with Crippen LogP contribution in [0.1, 0.15) is 37.5 Å². The maximum absolute atomic E-state index is 12.3. The van der Waals surface area contributed by atoms with E-state index in [2.05, 4.69) is 13.2 Å². The first-order valence-electron chi connectivity index (χ1n) is 9.81. The molecule has 2 aromatic rings. The smallest absolute Gasteiger partial charge is 0.349 e. The second-order valence-corrected chi connectivity index (χ2v) is 7.16. The Bertz CT molecular complexity index is 806. The van der Waals surface area contributed by atoms with Crippen LogP contribution in [0.25, 0.3) is 0 Å². The highest BCUT2D eigenvalue weighted by Gasteiger charge is 2.33. The predicted molar refractivity (Wildman–Crippen MR) is 116 cm³/mol. The number of ether oxygens (including phenoxy) is 3. The Kier molecular flexibility index (Phi) is 8.08. The summed E-state index contributed by atoms with van der Waals surface area (Å²) in [6.45, 7) is 13.7. The first kappa shape index (κ1) is 22.3. The van der Waals surface area contributed by atoms with Gasteiger partial charge in [-0.15, -0.1) is 13.2 Å². The van der Waals surface area contributed by atoms with Gasteiger partial charge in [0.05, 0.1) is 6.61 Å². The van der Waals surface area contributed by atoms with Gasteiger partial charge < -0.3 is 14.2 Å². The zero-order valence-corrected chi connectivity index (χ0v) is 17.6. The standard InChI is InChI=1S/C25H30O4/c1-6-12-20-16-22(28-18-19-14-10-9-11-15-19)17-21(13-7-2)23(20)29-25(4,5)24(26)27-8-3/h6-7,9-11,14-17H,1-2,8,12-13,18H2,3-5H3. The molecule has 0 atom stereocenters. The molecule has 0 radical (unpaired) electrons. The lowest BCUT2D eigenvalue weighted by Crippen LogP contribution is -2.40. The van der Waals surface area contributed by atoms with Crippen molar-refractivity contribution >= 4 is 5.97 Å². The lowest BCUT2D eigenvalue weighted by Gasteiger charge is -2.27. The molecule has 29 heavy (non-hydrogen) atoms. The summed E-state index contributed by atoms with van der Waals surface area (Å²) in [6, 6.07) is 13.9. The molecule has 0 saturated heterocycles. The fourth-order valence-electron chi connectivity index (χ4n) is 2.89. The molecule has 0 fully saturated rings. The summed E-state index contributed by atoms with van der Waals surface area (Å²) in [5.74, 6) is 0.984. The molecule has 4 nitrogen and oxygen atoms in total. The fourth-order valence-corrected chi connectivity index (χ4v) is 2.89. The van der Waals surface area contributed by atoms with Crippen LogP contribution in [0.15, 0.2) is 67.8 Å². The Morgan fingerprint density at radius 3 is 2.14 bits per heavy atom. The Hall–Kier alpha value is -3.01. The van der Waals surface area contributed by atoms with Gasteiger partial charge in [-0.2, -0.15) is 0 Å². The Balaban J connectivity index is 2.36. The van der Waals surface area contributed by atoms with Crippen molar-refractivity contribution in [2.75, 3.05) is 6.61 Å². The van der Waals surface area contributed by atoms with Crippen LogP contribution < -0.4 is 9.47 Å². The van der Waals surface area contributed by atoms with Gasteiger partial charge >= 0.3 is 5.97 Å². The fraction of sp³-hybridized carbons (Fsp3) is 0.320. The first-order chi connectivity index (χ1) is 13.9. The molecule has 0 heterocycles. The molecular formula is C25H30O4. The molecular weight excluding hydrogens is 364 g/mol. The second-order valence-electron chi connectivity index (χ2n) is 7.16. The van der Waals surface area contributed by atoms with Crippen molar-refractivity contribution in [3.63, 3.8) is 0 Å². The Morgan fingerprint density at radius 2 is 1.62 bits per heavy atom. The molecule has 0 bridgehead atoms. The molecule has 0 aliphatic rings. The van der Waals surface area contributed by atoms with Crippen LogP contribution in [0.5, 0.6) is 11.5 Å². The van der Waals surface area contributed by atoms with E-state index in [-0.39, 0.29) is 0 Å². The van der Waals surface area contributed by atoms with Gasteiger partial charge in [-0.05, 0) is 51.3 Å². The van der Waals surface area contributed by atoms with Crippen molar-refractivity contribution < 1.29 is 19.0 Å². The summed E-state index contributed by atoms with van der Waals surface area (Å²) in [5.41, 5.74) is 1.78. The highest BCUT2D eigenvalue weighted by atomic mass is 16.6. The molecule has 0 spiro atoms. The van der Waals surface area contributed by atoms with E-state index in [0.717, 1.165) is 22.4 Å². The minimum Gasteiger partial charge on any atom is -0.489 e. The van der Waals surface area contributed by atoms with Gasteiger partial charge in [0, 0.05) is 11.1 Å². The highest BCUT2D eigenvalue weighted by molar-refractivity contribution is 5.79. The van der Waals surface area contributed by atoms with E-state index >= 15 is 0 Å². The number of allylic oxidation sites excluding steroid dienone is 2. The van der Waals surface area contributed by atoms with Crippen molar-refractivity contribution in [1.82, 2.24) is 0 Å². The lowest BCUT2D eigenvalue weighted by molar-refractivity contribution is -0.158. The molecule has 0 aliphatic carbocycles. The lowest BCUT2D eigenvalue weighted by atomic mass is 10.0. The van der Waals surface area contributed by atoms with Gasteiger partial charge in [0.15, 0.2) is 5.60 Å². The van der Waals surface area contributed by atoms with Gasteiger partial charge in [0.1, 0.15) is 18.1 Å². The molecule has 2 rings (SSSR count). The van der Waals surface area contributed by atoms with Crippen molar-refractivity contribution in [2.24, 2.45) is 0 Å². The minimum absolute atomic E-state index is 0.302. The molecule has 0 aliphatic heterocycles. The van der Waals surface area contributed by atoms with Crippen LogP contribution in [0, 0.1) is 0 Å². The van der Waals surface area contributed by atoms with E-state index in [1.54, 1.807) is 32.9 Å². The summed E-state index contributed by atoms with van der Waals surface area (Å²) >= 11 is 0. The van der Waals surface area contributed by atoms with E-state index in [1.807, 2.05) is 42.5 Å². The van der Waals surface area contributed by atoms with Crippen LogP contribution in [0.2, 0.25) is 0 Å². The number of rotatable bonds is 11. The van der Waals surface area contributed by atoms with Crippen LogP contribution >= 0.6 is 0 Å². The third kappa shape index (κ3) is 6.24. The topological polar surface area (TPSA) is 44.8 Å². The van der Waals surface area contributed by atoms with Crippen molar-refractivity contribution in [3.8, 4) is 11.5 Å². The molecule has 0 saturated carbocycles. The second kappa shape index (κ2) is 10.5. The average molecular weight is 395 g/mol. The number of hydrogen-bond acceptors (Lipinski definition) is 4. The molecule has 0 N–H and O–H groups in total. The van der Waals surface area contributed by atoms with E-state index in [1.165, 1.54) is 0 Å². The molecule has 2 aromatic carbocycles. The van der Waals surface area contributed by atoms with Crippen LogP contribution in [0.4, 0.5) is 0 Å². The van der Waals surface area contributed by atoms with Gasteiger partial charge in [0.25, 0.3) is 0 Å². The van der Waals surface area contributed by atoms with E-state index in [0.29, 0.717) is 31.8 Å². The Labute approximate surface area is 173 Å². The van der Waals surface area contributed by atoms with E-state index in [9.17, 15) is 4.79 Å². The number of carbonyl (C=O) groups excluding carboxylic acids is 1. The third-order valence-electron chi connectivity index (χ3n) is 4.32. The maximum atomic E-state index is 12.3. The SMILES string of the molecule is C=CCc1cc(OCc2ccccc2)cc(CC=C)c1OC(C)(C)C(=O)OCC. The van der Waals surface area contributed by atoms with Crippen LogP contribution in [0.3, 0.4) is 0 Å². The van der Waals surface area contributed by atoms with Crippen molar-refractivity contribution in [1.29, 1.82) is 0 Å². The zero-order chi connectivity index (χ0) is 21.3. The molecule has 4 heteroatoms. The van der Waals surface area contributed by atoms with Gasteiger partial charge in [-0.1, -0.05) is 42.5 Å². The predicted octanol–water partition coefficient (Wildman–Crippen LogP) is 5.44. The van der Waals surface area contributed by atoms with Gasteiger partial charge in [-0.25, -0.2) is 4.79 Å². The summed E-state index contributed by atoms with van der Waals surface area (Å²) in [6.07, 6.45) is 4.78. The normalized spacial score (nSPS) is 10.9.